The zero-order valence-electron chi connectivity index (χ0n) is 15.6. The van der Waals surface area contributed by atoms with Gasteiger partial charge in [0.2, 0.25) is 0 Å². The van der Waals surface area contributed by atoms with Crippen molar-refractivity contribution in [3.8, 4) is 17.2 Å². The molecule has 2 aromatic carbocycles. The Morgan fingerprint density at radius 3 is 2.42 bits per heavy atom. The Morgan fingerprint density at radius 1 is 1.04 bits per heavy atom. The summed E-state index contributed by atoms with van der Waals surface area (Å²) < 4.78 is 16.5. The van der Waals surface area contributed by atoms with Crippen molar-refractivity contribution < 1.29 is 19.0 Å². The number of para-hydroxylation sites is 1. The molecule has 26 heavy (non-hydrogen) atoms. The molecule has 1 heterocycles. The van der Waals surface area contributed by atoms with Crippen molar-refractivity contribution in [2.75, 3.05) is 27.4 Å². The van der Waals surface area contributed by atoms with E-state index in [0.29, 0.717) is 18.8 Å². The van der Waals surface area contributed by atoms with Crippen molar-refractivity contribution in [2.45, 2.75) is 26.3 Å². The van der Waals surface area contributed by atoms with Gasteiger partial charge in [0.05, 0.1) is 14.2 Å². The Kier molecular flexibility index (Phi) is 5.66. The second-order valence-electron chi connectivity index (χ2n) is 6.29. The zero-order valence-corrected chi connectivity index (χ0v) is 15.6. The second-order valence-corrected chi connectivity index (χ2v) is 6.29. The third-order valence-corrected chi connectivity index (χ3v) is 4.78. The molecule has 5 nitrogen and oxygen atoms in total. The minimum atomic E-state index is -0.00339. The van der Waals surface area contributed by atoms with Crippen LogP contribution in [0.3, 0.4) is 0 Å². The van der Waals surface area contributed by atoms with Crippen LogP contribution in [0.1, 0.15) is 23.6 Å². The highest BCUT2D eigenvalue weighted by atomic mass is 16.5. The number of benzene rings is 2. The van der Waals surface area contributed by atoms with Gasteiger partial charge in [0, 0.05) is 13.1 Å². The fourth-order valence-electron chi connectivity index (χ4n) is 3.26. The molecule has 5 heteroatoms. The van der Waals surface area contributed by atoms with Crippen molar-refractivity contribution in [3.63, 3.8) is 0 Å². The third-order valence-electron chi connectivity index (χ3n) is 4.78. The van der Waals surface area contributed by atoms with Crippen LogP contribution in [0, 0.1) is 0 Å². The number of carbonyl (C=O) groups is 1. The molecule has 0 N–H and O–H groups in total. The molecule has 0 radical (unpaired) electrons. The first kappa shape index (κ1) is 18.1. The summed E-state index contributed by atoms with van der Waals surface area (Å²) in [6.45, 7) is 3.38. The van der Waals surface area contributed by atoms with Crippen LogP contribution in [0.4, 0.5) is 0 Å². The molecule has 0 spiro atoms. The molecule has 0 saturated heterocycles. The number of aryl methyl sites for hydroxylation is 1. The highest BCUT2D eigenvalue weighted by molar-refractivity contribution is 5.78. The van der Waals surface area contributed by atoms with Gasteiger partial charge in [0.1, 0.15) is 5.75 Å². The Morgan fingerprint density at radius 2 is 1.73 bits per heavy atom. The minimum Gasteiger partial charge on any atom is -0.493 e. The summed E-state index contributed by atoms with van der Waals surface area (Å²) in [5.41, 5.74) is 3.40. The lowest BCUT2D eigenvalue weighted by Crippen LogP contribution is -2.38. The van der Waals surface area contributed by atoms with Crippen LogP contribution < -0.4 is 14.2 Å². The molecule has 138 valence electrons. The largest absolute Gasteiger partial charge is 0.493 e. The van der Waals surface area contributed by atoms with Gasteiger partial charge in [-0.1, -0.05) is 25.1 Å². The number of rotatable bonds is 6. The van der Waals surface area contributed by atoms with E-state index in [1.165, 1.54) is 5.56 Å². The summed E-state index contributed by atoms with van der Waals surface area (Å²) in [6, 6.07) is 11.8. The van der Waals surface area contributed by atoms with E-state index in [-0.39, 0.29) is 12.5 Å². The monoisotopic (exact) mass is 355 g/mol. The molecule has 0 atom stereocenters. The van der Waals surface area contributed by atoms with Crippen molar-refractivity contribution in [2.24, 2.45) is 0 Å². The van der Waals surface area contributed by atoms with Gasteiger partial charge < -0.3 is 19.1 Å². The van der Waals surface area contributed by atoms with Gasteiger partial charge in [-0.3, -0.25) is 4.79 Å². The van der Waals surface area contributed by atoms with Crippen LogP contribution in [0.25, 0.3) is 0 Å². The van der Waals surface area contributed by atoms with Crippen LogP contribution in [0.15, 0.2) is 36.4 Å². The van der Waals surface area contributed by atoms with Crippen LogP contribution in [-0.2, 0) is 24.2 Å². The third kappa shape index (κ3) is 3.77. The Labute approximate surface area is 154 Å². The fourth-order valence-corrected chi connectivity index (χ4v) is 3.26. The van der Waals surface area contributed by atoms with Crippen LogP contribution in [-0.4, -0.2) is 38.2 Å². The second kappa shape index (κ2) is 8.13. The number of fused-ring (bicyclic) bond motifs is 1. The summed E-state index contributed by atoms with van der Waals surface area (Å²) >= 11 is 0. The first-order valence-corrected chi connectivity index (χ1v) is 8.88. The number of carbonyl (C=O) groups excluding carboxylic acids is 1. The SMILES string of the molecule is CCc1ccccc1OCC(=O)N1CCc2cc(OC)c(OC)cc2C1. The maximum absolute atomic E-state index is 12.6. The quantitative estimate of drug-likeness (QED) is 0.798. The summed E-state index contributed by atoms with van der Waals surface area (Å²) in [7, 11) is 3.25. The predicted molar refractivity (Wildman–Crippen MR) is 100.0 cm³/mol. The standard InChI is InChI=1S/C21H25NO4/c1-4-15-7-5-6-8-18(15)26-14-21(23)22-10-9-16-11-19(24-2)20(25-3)12-17(16)13-22/h5-8,11-12H,4,9-10,13-14H2,1-3H3. The molecule has 0 aliphatic carbocycles. The lowest BCUT2D eigenvalue weighted by molar-refractivity contribution is -0.134. The van der Waals surface area contributed by atoms with E-state index in [2.05, 4.69) is 6.92 Å². The van der Waals surface area contributed by atoms with E-state index in [1.54, 1.807) is 14.2 Å². The van der Waals surface area contributed by atoms with Crippen LogP contribution in [0.2, 0.25) is 0 Å². The molecule has 0 fully saturated rings. The van der Waals surface area contributed by atoms with E-state index in [1.807, 2.05) is 41.3 Å². The molecule has 0 saturated carbocycles. The number of hydrogen-bond donors (Lipinski definition) is 0. The van der Waals surface area contributed by atoms with E-state index < -0.39 is 0 Å². The Hall–Kier alpha value is -2.69. The summed E-state index contributed by atoms with van der Waals surface area (Å²) in [6.07, 6.45) is 1.68. The average molecular weight is 355 g/mol. The summed E-state index contributed by atoms with van der Waals surface area (Å²) in [5.74, 6) is 2.20. The van der Waals surface area contributed by atoms with Crippen molar-refractivity contribution in [1.29, 1.82) is 0 Å². The van der Waals surface area contributed by atoms with Gasteiger partial charge in [-0.25, -0.2) is 0 Å². The molecular formula is C21H25NO4. The van der Waals surface area contributed by atoms with Gasteiger partial charge in [-0.2, -0.15) is 0 Å². The molecule has 0 aromatic heterocycles. The number of ether oxygens (including phenoxy) is 3. The van der Waals surface area contributed by atoms with Crippen molar-refractivity contribution in [3.05, 3.63) is 53.1 Å². The predicted octanol–water partition coefficient (Wildman–Crippen LogP) is 3.23. The molecular weight excluding hydrogens is 330 g/mol. The molecule has 2 aromatic rings. The van der Waals surface area contributed by atoms with E-state index in [9.17, 15) is 4.79 Å². The first-order valence-electron chi connectivity index (χ1n) is 8.88. The molecule has 0 bridgehead atoms. The Balaban J connectivity index is 1.67. The first-order chi connectivity index (χ1) is 12.7. The lowest BCUT2D eigenvalue weighted by Gasteiger charge is -2.29. The molecule has 0 unspecified atom stereocenters. The van der Waals surface area contributed by atoms with Gasteiger partial charge >= 0.3 is 0 Å². The Bertz CT molecular complexity index is 788. The topological polar surface area (TPSA) is 48.0 Å². The van der Waals surface area contributed by atoms with Crippen LogP contribution >= 0.6 is 0 Å². The van der Waals surface area contributed by atoms with Gasteiger partial charge in [0.15, 0.2) is 18.1 Å². The highest BCUT2D eigenvalue weighted by Gasteiger charge is 2.23. The minimum absolute atomic E-state index is 0.00339. The zero-order chi connectivity index (χ0) is 18.5. The van der Waals surface area contributed by atoms with Crippen LogP contribution in [0.5, 0.6) is 17.2 Å². The lowest BCUT2D eigenvalue weighted by atomic mass is 9.99. The smallest absolute Gasteiger partial charge is 0.260 e. The number of methoxy groups -OCH3 is 2. The number of hydrogen-bond acceptors (Lipinski definition) is 4. The van der Waals surface area contributed by atoms with Gasteiger partial charge in [0.25, 0.3) is 5.91 Å². The maximum atomic E-state index is 12.6. The highest BCUT2D eigenvalue weighted by Crippen LogP contribution is 2.33. The van der Waals surface area contributed by atoms with E-state index in [4.69, 9.17) is 14.2 Å². The van der Waals surface area contributed by atoms with Gasteiger partial charge in [-0.05, 0) is 47.7 Å². The molecule has 1 aliphatic heterocycles. The molecule has 3 rings (SSSR count). The van der Waals surface area contributed by atoms with Crippen molar-refractivity contribution >= 4 is 5.91 Å². The normalized spacial score (nSPS) is 13.1. The van der Waals surface area contributed by atoms with Gasteiger partial charge in [-0.15, -0.1) is 0 Å². The van der Waals surface area contributed by atoms with Crippen molar-refractivity contribution in [1.82, 2.24) is 4.90 Å². The molecule has 1 aliphatic rings. The number of nitrogens with zero attached hydrogens (tertiary/aromatic N) is 1. The summed E-state index contributed by atoms with van der Waals surface area (Å²) in [4.78, 5) is 14.4. The maximum Gasteiger partial charge on any atom is 0.260 e. The summed E-state index contributed by atoms with van der Waals surface area (Å²) in [5, 5.41) is 0. The average Bonchev–Trinajstić information content (AvgIpc) is 2.70. The number of amides is 1. The van der Waals surface area contributed by atoms with E-state index in [0.717, 1.165) is 35.5 Å². The molecule has 1 amide bonds. The fraction of sp³-hybridized carbons (Fsp3) is 0.381. The van der Waals surface area contributed by atoms with E-state index >= 15 is 0 Å².